The Bertz CT molecular complexity index is 529. The van der Waals surface area contributed by atoms with Crippen LogP contribution < -0.4 is 4.74 Å². The fourth-order valence-electron chi connectivity index (χ4n) is 2.57. The van der Waals surface area contributed by atoms with Crippen molar-refractivity contribution in [2.24, 2.45) is 0 Å². The minimum atomic E-state index is 0.141. The monoisotopic (exact) mass is 283 g/mol. The Morgan fingerprint density at radius 3 is 2.48 bits per heavy atom. The number of rotatable bonds is 5. The third kappa shape index (κ3) is 4.31. The molecule has 1 atom stereocenters. The Kier molecular flexibility index (Phi) is 4.87. The zero-order valence-corrected chi connectivity index (χ0v) is 12.2. The van der Waals surface area contributed by atoms with Gasteiger partial charge in [0.1, 0.15) is 18.5 Å². The number of ether oxygens (including phenoxy) is 2. The predicted molar refractivity (Wildman–Crippen MR) is 83.4 cm³/mol. The van der Waals surface area contributed by atoms with Crippen molar-refractivity contribution in [2.75, 3.05) is 26.3 Å². The summed E-state index contributed by atoms with van der Waals surface area (Å²) in [6.45, 7) is 4.26. The summed E-state index contributed by atoms with van der Waals surface area (Å²) >= 11 is 0. The molecule has 0 radical (unpaired) electrons. The fourth-order valence-corrected chi connectivity index (χ4v) is 2.57. The number of para-hydroxylation sites is 1. The maximum atomic E-state index is 5.80. The van der Waals surface area contributed by atoms with Crippen LogP contribution in [0.4, 0.5) is 0 Å². The van der Waals surface area contributed by atoms with E-state index in [-0.39, 0.29) is 6.10 Å². The van der Waals surface area contributed by atoms with Crippen LogP contribution in [0, 0.1) is 0 Å². The van der Waals surface area contributed by atoms with E-state index in [1.54, 1.807) is 0 Å². The van der Waals surface area contributed by atoms with Crippen LogP contribution in [0.1, 0.15) is 5.56 Å². The van der Waals surface area contributed by atoms with Gasteiger partial charge >= 0.3 is 0 Å². The Hall–Kier alpha value is -1.84. The first-order valence-electron chi connectivity index (χ1n) is 7.46. The van der Waals surface area contributed by atoms with E-state index in [0.29, 0.717) is 6.61 Å². The Balaban J connectivity index is 1.49. The summed E-state index contributed by atoms with van der Waals surface area (Å²) in [6.07, 6.45) is 0.141. The molecule has 0 spiro atoms. The van der Waals surface area contributed by atoms with E-state index in [9.17, 15) is 0 Å². The highest BCUT2D eigenvalue weighted by Gasteiger charge is 2.21. The van der Waals surface area contributed by atoms with Crippen LogP contribution in [0.5, 0.6) is 5.75 Å². The average Bonchev–Trinajstić information content (AvgIpc) is 2.55. The number of benzene rings is 2. The van der Waals surface area contributed by atoms with Crippen molar-refractivity contribution in [3.05, 3.63) is 66.2 Å². The van der Waals surface area contributed by atoms with Gasteiger partial charge in [0.15, 0.2) is 0 Å². The minimum Gasteiger partial charge on any atom is -0.491 e. The highest BCUT2D eigenvalue weighted by atomic mass is 16.5. The second-order valence-corrected chi connectivity index (χ2v) is 5.34. The van der Waals surface area contributed by atoms with E-state index in [4.69, 9.17) is 9.47 Å². The molecule has 3 rings (SSSR count). The molecule has 0 N–H and O–H groups in total. The first kappa shape index (κ1) is 14.1. The summed E-state index contributed by atoms with van der Waals surface area (Å²) in [5, 5.41) is 0. The summed E-state index contributed by atoms with van der Waals surface area (Å²) in [5.41, 5.74) is 1.35. The van der Waals surface area contributed by atoms with Crippen LogP contribution in [0.3, 0.4) is 0 Å². The molecular formula is C18H21NO2. The molecule has 0 saturated carbocycles. The zero-order valence-electron chi connectivity index (χ0n) is 12.2. The number of hydrogen-bond acceptors (Lipinski definition) is 3. The van der Waals surface area contributed by atoms with E-state index < -0.39 is 0 Å². The SMILES string of the molecule is c1ccc(CN2CCO[C@H](COc3ccccc3)C2)cc1. The second-order valence-electron chi connectivity index (χ2n) is 5.34. The molecule has 0 bridgehead atoms. The summed E-state index contributed by atoms with van der Waals surface area (Å²) < 4.78 is 11.6. The fraction of sp³-hybridized carbons (Fsp3) is 0.333. The lowest BCUT2D eigenvalue weighted by molar-refractivity contribution is -0.0504. The Labute approximate surface area is 126 Å². The molecule has 2 aromatic carbocycles. The van der Waals surface area contributed by atoms with Gasteiger partial charge in [-0.3, -0.25) is 4.90 Å². The molecule has 0 unspecified atom stereocenters. The number of morpholine rings is 1. The lowest BCUT2D eigenvalue weighted by atomic mass is 10.2. The molecule has 110 valence electrons. The van der Waals surface area contributed by atoms with Crippen molar-refractivity contribution in [1.29, 1.82) is 0 Å². The van der Waals surface area contributed by atoms with Crippen LogP contribution in [-0.2, 0) is 11.3 Å². The van der Waals surface area contributed by atoms with Crippen molar-refractivity contribution in [2.45, 2.75) is 12.6 Å². The second kappa shape index (κ2) is 7.25. The van der Waals surface area contributed by atoms with Gasteiger partial charge in [0.2, 0.25) is 0 Å². The Morgan fingerprint density at radius 2 is 1.71 bits per heavy atom. The van der Waals surface area contributed by atoms with E-state index in [2.05, 4.69) is 35.2 Å². The average molecular weight is 283 g/mol. The summed E-state index contributed by atoms with van der Waals surface area (Å²) in [5.74, 6) is 0.904. The molecule has 0 amide bonds. The summed E-state index contributed by atoms with van der Waals surface area (Å²) in [6, 6.07) is 20.5. The van der Waals surface area contributed by atoms with E-state index in [1.165, 1.54) is 5.56 Å². The van der Waals surface area contributed by atoms with Crippen LogP contribution in [0.15, 0.2) is 60.7 Å². The first-order valence-corrected chi connectivity index (χ1v) is 7.46. The molecule has 0 aromatic heterocycles. The molecule has 1 aliphatic heterocycles. The third-order valence-corrected chi connectivity index (χ3v) is 3.65. The molecule has 2 aromatic rings. The van der Waals surface area contributed by atoms with Crippen LogP contribution in [0.25, 0.3) is 0 Å². The number of hydrogen-bond donors (Lipinski definition) is 0. The largest absolute Gasteiger partial charge is 0.491 e. The normalized spacial score (nSPS) is 19.3. The van der Waals surface area contributed by atoms with E-state index in [1.807, 2.05) is 30.3 Å². The topological polar surface area (TPSA) is 21.7 Å². The van der Waals surface area contributed by atoms with E-state index in [0.717, 1.165) is 32.0 Å². The van der Waals surface area contributed by atoms with Gasteiger partial charge in [0, 0.05) is 19.6 Å². The molecule has 3 heteroatoms. The van der Waals surface area contributed by atoms with Crippen LogP contribution in [0.2, 0.25) is 0 Å². The third-order valence-electron chi connectivity index (χ3n) is 3.65. The molecule has 1 saturated heterocycles. The van der Waals surface area contributed by atoms with Crippen molar-refractivity contribution in [3.8, 4) is 5.75 Å². The predicted octanol–water partition coefficient (Wildman–Crippen LogP) is 2.97. The highest BCUT2D eigenvalue weighted by Crippen LogP contribution is 2.13. The molecule has 21 heavy (non-hydrogen) atoms. The molecule has 0 aliphatic carbocycles. The standard InChI is InChI=1S/C18H21NO2/c1-3-7-16(8-4-1)13-19-11-12-20-18(14-19)15-21-17-9-5-2-6-10-17/h1-10,18H,11-15H2/t18-/m0/s1. The lowest BCUT2D eigenvalue weighted by Crippen LogP contribution is -2.44. The van der Waals surface area contributed by atoms with Crippen molar-refractivity contribution >= 4 is 0 Å². The van der Waals surface area contributed by atoms with E-state index >= 15 is 0 Å². The highest BCUT2D eigenvalue weighted by molar-refractivity contribution is 5.21. The summed E-state index contributed by atoms with van der Waals surface area (Å²) in [7, 11) is 0. The minimum absolute atomic E-state index is 0.141. The summed E-state index contributed by atoms with van der Waals surface area (Å²) in [4.78, 5) is 2.43. The smallest absolute Gasteiger partial charge is 0.119 e. The van der Waals surface area contributed by atoms with Crippen LogP contribution >= 0.6 is 0 Å². The first-order chi connectivity index (χ1) is 10.4. The maximum absolute atomic E-state index is 5.80. The van der Waals surface area contributed by atoms with Gasteiger partial charge in [-0.2, -0.15) is 0 Å². The molecular weight excluding hydrogens is 262 g/mol. The maximum Gasteiger partial charge on any atom is 0.119 e. The lowest BCUT2D eigenvalue weighted by Gasteiger charge is -2.32. The van der Waals surface area contributed by atoms with Gasteiger partial charge in [-0.25, -0.2) is 0 Å². The Morgan fingerprint density at radius 1 is 1.00 bits per heavy atom. The molecule has 1 aliphatic rings. The molecule has 1 fully saturated rings. The van der Waals surface area contributed by atoms with Gasteiger partial charge in [-0.05, 0) is 17.7 Å². The van der Waals surface area contributed by atoms with Crippen molar-refractivity contribution in [1.82, 2.24) is 4.90 Å². The van der Waals surface area contributed by atoms with Gasteiger partial charge in [-0.15, -0.1) is 0 Å². The van der Waals surface area contributed by atoms with Crippen LogP contribution in [-0.4, -0.2) is 37.3 Å². The number of nitrogens with zero attached hydrogens (tertiary/aromatic N) is 1. The quantitative estimate of drug-likeness (QED) is 0.842. The van der Waals surface area contributed by atoms with Gasteiger partial charge in [0.25, 0.3) is 0 Å². The zero-order chi connectivity index (χ0) is 14.3. The molecule has 1 heterocycles. The van der Waals surface area contributed by atoms with Gasteiger partial charge in [0.05, 0.1) is 6.61 Å². The van der Waals surface area contributed by atoms with Crippen molar-refractivity contribution < 1.29 is 9.47 Å². The molecule has 3 nitrogen and oxygen atoms in total. The van der Waals surface area contributed by atoms with Crippen molar-refractivity contribution in [3.63, 3.8) is 0 Å². The van der Waals surface area contributed by atoms with Gasteiger partial charge < -0.3 is 9.47 Å². The van der Waals surface area contributed by atoms with Gasteiger partial charge in [-0.1, -0.05) is 48.5 Å².